The molecule has 0 saturated carbocycles. The summed E-state index contributed by atoms with van der Waals surface area (Å²) in [5.41, 5.74) is 3.19. The Balaban J connectivity index is 2.11. The van der Waals surface area contributed by atoms with Crippen LogP contribution in [0.2, 0.25) is 0 Å². The van der Waals surface area contributed by atoms with E-state index in [0.717, 1.165) is 16.9 Å². The van der Waals surface area contributed by atoms with Crippen LogP contribution in [0.1, 0.15) is 43.9 Å². The van der Waals surface area contributed by atoms with Gasteiger partial charge in [0.2, 0.25) is 0 Å². The predicted molar refractivity (Wildman–Crippen MR) is 114 cm³/mol. The Morgan fingerprint density at radius 1 is 0.929 bits per heavy atom. The molecule has 2 N–H and O–H groups in total. The highest BCUT2D eigenvalue weighted by Crippen LogP contribution is 2.34. The first-order chi connectivity index (χ1) is 13.3. The average Bonchev–Trinajstić information content (AvgIpc) is 2.70. The van der Waals surface area contributed by atoms with Crippen LogP contribution in [-0.4, -0.2) is 41.5 Å². The van der Waals surface area contributed by atoms with Gasteiger partial charge in [0.15, 0.2) is 0 Å². The van der Waals surface area contributed by atoms with Gasteiger partial charge in [-0.05, 0) is 48.2 Å². The molecule has 0 radical (unpaired) electrons. The second kappa shape index (κ2) is 10.1. The Hall–Kier alpha value is -1.75. The number of halogens is 1. The smallest absolute Gasteiger partial charge is 0.122 e. The van der Waals surface area contributed by atoms with Gasteiger partial charge in [0.05, 0.1) is 12.0 Å². The van der Waals surface area contributed by atoms with Crippen molar-refractivity contribution in [3.63, 3.8) is 0 Å². The third-order valence-corrected chi connectivity index (χ3v) is 5.35. The van der Waals surface area contributed by atoms with Crippen molar-refractivity contribution in [3.8, 4) is 11.5 Å². The van der Waals surface area contributed by atoms with Gasteiger partial charge >= 0.3 is 0 Å². The Labute approximate surface area is 173 Å². The molecular formula is C23H31ClO4. The monoisotopic (exact) mass is 406 g/mol. The van der Waals surface area contributed by atoms with Crippen molar-refractivity contribution in [3.05, 3.63) is 59.2 Å². The molecule has 0 aliphatic rings. The molecule has 2 atom stereocenters. The molecule has 5 heteroatoms. The van der Waals surface area contributed by atoms with Crippen molar-refractivity contribution in [1.29, 1.82) is 0 Å². The largest absolute Gasteiger partial charge is 0.491 e. The minimum absolute atomic E-state index is 0.154. The standard InChI is InChI=1S/C23H31ClO4/c1-5-19(25)14-28-22-11-8-18(12-16(22)2)23(3,4)17-6-9-21(10-7-17)27-15-20(26)13-24/h6-12,19-20,25-26H,5,13-15H2,1-4H3. The first-order valence-corrected chi connectivity index (χ1v) is 10.2. The number of aryl methyl sites for hydroxylation is 1. The summed E-state index contributed by atoms with van der Waals surface area (Å²) in [6.07, 6.45) is -0.434. The van der Waals surface area contributed by atoms with Crippen molar-refractivity contribution in [1.82, 2.24) is 0 Å². The average molecular weight is 407 g/mol. The summed E-state index contributed by atoms with van der Waals surface area (Å²) in [5, 5.41) is 19.2. The maximum Gasteiger partial charge on any atom is 0.122 e. The number of hydrogen-bond acceptors (Lipinski definition) is 4. The maximum absolute atomic E-state index is 9.69. The second-order valence-corrected chi connectivity index (χ2v) is 7.93. The summed E-state index contributed by atoms with van der Waals surface area (Å²) in [6, 6.07) is 14.1. The van der Waals surface area contributed by atoms with Crippen LogP contribution in [0.4, 0.5) is 0 Å². The number of rotatable bonds is 10. The lowest BCUT2D eigenvalue weighted by Gasteiger charge is -2.27. The Kier molecular flexibility index (Phi) is 8.17. The van der Waals surface area contributed by atoms with Crippen LogP contribution in [0.3, 0.4) is 0 Å². The van der Waals surface area contributed by atoms with Gasteiger partial charge in [0, 0.05) is 5.41 Å². The van der Waals surface area contributed by atoms with E-state index >= 15 is 0 Å². The molecule has 4 nitrogen and oxygen atoms in total. The highest BCUT2D eigenvalue weighted by atomic mass is 35.5. The van der Waals surface area contributed by atoms with Crippen LogP contribution >= 0.6 is 11.6 Å². The molecule has 2 aromatic carbocycles. The van der Waals surface area contributed by atoms with E-state index in [4.69, 9.17) is 21.1 Å². The SMILES string of the molecule is CCC(O)COc1ccc(C(C)(C)c2ccc(OCC(O)CCl)cc2)cc1C. The van der Waals surface area contributed by atoms with E-state index in [9.17, 15) is 10.2 Å². The van der Waals surface area contributed by atoms with Crippen LogP contribution in [-0.2, 0) is 5.41 Å². The third kappa shape index (κ3) is 5.87. The molecule has 0 bridgehead atoms. The van der Waals surface area contributed by atoms with Gasteiger partial charge in [-0.15, -0.1) is 11.6 Å². The number of hydrogen-bond donors (Lipinski definition) is 2. The van der Waals surface area contributed by atoms with Crippen LogP contribution in [0.25, 0.3) is 0 Å². The van der Waals surface area contributed by atoms with E-state index < -0.39 is 12.2 Å². The van der Waals surface area contributed by atoms with Crippen molar-refractivity contribution in [2.45, 2.75) is 51.7 Å². The number of aliphatic hydroxyl groups is 2. The highest BCUT2D eigenvalue weighted by Gasteiger charge is 2.24. The molecule has 2 unspecified atom stereocenters. The summed E-state index contributed by atoms with van der Waals surface area (Å²) >= 11 is 5.59. The van der Waals surface area contributed by atoms with Crippen LogP contribution in [0, 0.1) is 6.92 Å². The molecule has 0 aliphatic heterocycles. The van der Waals surface area contributed by atoms with Crippen LogP contribution in [0.15, 0.2) is 42.5 Å². The van der Waals surface area contributed by atoms with E-state index in [-0.39, 0.29) is 17.9 Å². The van der Waals surface area contributed by atoms with Crippen molar-refractivity contribution >= 4 is 11.6 Å². The molecule has 28 heavy (non-hydrogen) atoms. The highest BCUT2D eigenvalue weighted by molar-refractivity contribution is 6.18. The minimum Gasteiger partial charge on any atom is -0.491 e. The molecule has 0 aromatic heterocycles. The van der Waals surface area contributed by atoms with E-state index in [1.54, 1.807) is 0 Å². The van der Waals surface area contributed by atoms with Crippen LogP contribution in [0.5, 0.6) is 11.5 Å². The molecule has 154 valence electrons. The normalized spacial score (nSPS) is 13.8. The van der Waals surface area contributed by atoms with E-state index in [1.807, 2.05) is 44.2 Å². The summed E-state index contributed by atoms with van der Waals surface area (Å²) in [7, 11) is 0. The second-order valence-electron chi connectivity index (χ2n) is 7.62. The van der Waals surface area contributed by atoms with Crippen molar-refractivity contribution in [2.75, 3.05) is 19.1 Å². The van der Waals surface area contributed by atoms with Crippen molar-refractivity contribution in [2.24, 2.45) is 0 Å². The fraction of sp³-hybridized carbons (Fsp3) is 0.478. The van der Waals surface area contributed by atoms with E-state index in [1.165, 1.54) is 5.56 Å². The van der Waals surface area contributed by atoms with Gasteiger partial charge in [-0.3, -0.25) is 0 Å². The van der Waals surface area contributed by atoms with Gasteiger partial charge in [-0.25, -0.2) is 0 Å². The zero-order valence-electron chi connectivity index (χ0n) is 17.1. The fourth-order valence-electron chi connectivity index (χ4n) is 2.88. The number of aliphatic hydroxyl groups excluding tert-OH is 2. The van der Waals surface area contributed by atoms with Crippen LogP contribution < -0.4 is 9.47 Å². The lowest BCUT2D eigenvalue weighted by molar-refractivity contribution is 0.104. The summed E-state index contributed by atoms with van der Waals surface area (Å²) in [4.78, 5) is 0. The molecule has 0 heterocycles. The van der Waals surface area contributed by atoms with Gasteiger partial charge in [0.25, 0.3) is 0 Å². The first-order valence-electron chi connectivity index (χ1n) is 9.67. The maximum atomic E-state index is 9.69. The van der Waals surface area contributed by atoms with Gasteiger partial charge < -0.3 is 19.7 Å². The van der Waals surface area contributed by atoms with Gasteiger partial charge in [-0.1, -0.05) is 45.0 Å². The molecule has 0 amide bonds. The topological polar surface area (TPSA) is 58.9 Å². The number of benzene rings is 2. The first kappa shape index (κ1) is 22.5. The molecular weight excluding hydrogens is 376 g/mol. The molecule has 2 aromatic rings. The lowest BCUT2D eigenvalue weighted by atomic mass is 9.77. The van der Waals surface area contributed by atoms with Crippen molar-refractivity contribution < 1.29 is 19.7 Å². The minimum atomic E-state index is -0.667. The quantitative estimate of drug-likeness (QED) is 0.572. The predicted octanol–water partition coefficient (Wildman–Crippen LogP) is 4.45. The zero-order chi connectivity index (χ0) is 20.7. The molecule has 0 fully saturated rings. The summed E-state index contributed by atoms with van der Waals surface area (Å²) in [5.74, 6) is 1.66. The third-order valence-electron chi connectivity index (χ3n) is 5.00. The fourth-order valence-corrected chi connectivity index (χ4v) is 2.96. The Morgan fingerprint density at radius 2 is 1.54 bits per heavy atom. The molecule has 2 rings (SSSR count). The number of ether oxygens (including phenoxy) is 2. The summed E-state index contributed by atoms with van der Waals surface area (Å²) in [6.45, 7) is 8.79. The molecule has 0 spiro atoms. The van der Waals surface area contributed by atoms with Gasteiger partial charge in [0.1, 0.15) is 30.8 Å². The molecule has 0 saturated heterocycles. The lowest BCUT2D eigenvalue weighted by Crippen LogP contribution is -2.20. The Morgan fingerprint density at radius 3 is 2.11 bits per heavy atom. The van der Waals surface area contributed by atoms with E-state index in [0.29, 0.717) is 18.8 Å². The zero-order valence-corrected chi connectivity index (χ0v) is 17.9. The van der Waals surface area contributed by atoms with E-state index in [2.05, 4.69) is 26.0 Å². The molecule has 0 aliphatic carbocycles. The van der Waals surface area contributed by atoms with Gasteiger partial charge in [-0.2, -0.15) is 0 Å². The summed E-state index contributed by atoms with van der Waals surface area (Å²) < 4.78 is 11.3. The number of alkyl halides is 1. The Bertz CT molecular complexity index is 743.